The number of amides is 1. The molecule has 0 spiro atoms. The van der Waals surface area contributed by atoms with Crippen LogP contribution in [-0.4, -0.2) is 21.4 Å². The monoisotopic (exact) mass is 291 g/mol. The van der Waals surface area contributed by atoms with Crippen molar-refractivity contribution in [1.29, 1.82) is 0 Å². The Morgan fingerprint density at radius 1 is 1.30 bits per heavy atom. The zero-order valence-electron chi connectivity index (χ0n) is 11.7. The van der Waals surface area contributed by atoms with Gasteiger partial charge in [0.05, 0.1) is 11.8 Å². The lowest BCUT2D eigenvalue weighted by Gasteiger charge is -2.11. The van der Waals surface area contributed by atoms with Crippen LogP contribution in [0.2, 0.25) is 0 Å². The van der Waals surface area contributed by atoms with E-state index in [4.69, 9.17) is 4.42 Å². The van der Waals surface area contributed by atoms with Crippen molar-refractivity contribution >= 4 is 17.7 Å². The Hall–Kier alpha value is -1.82. The van der Waals surface area contributed by atoms with Crippen molar-refractivity contribution in [3.63, 3.8) is 0 Å². The van der Waals surface area contributed by atoms with Gasteiger partial charge in [0, 0.05) is 11.8 Å². The van der Waals surface area contributed by atoms with E-state index >= 15 is 0 Å². The van der Waals surface area contributed by atoms with E-state index in [-0.39, 0.29) is 17.7 Å². The van der Waals surface area contributed by atoms with Gasteiger partial charge in [-0.2, -0.15) is 0 Å². The molecule has 1 aromatic heterocycles. The van der Waals surface area contributed by atoms with Crippen molar-refractivity contribution in [3.8, 4) is 0 Å². The number of carbonyl (C=O) groups excluding carboxylic acids is 1. The molecule has 0 aliphatic rings. The molecule has 0 aliphatic carbocycles. The fourth-order valence-electron chi connectivity index (χ4n) is 1.59. The summed E-state index contributed by atoms with van der Waals surface area (Å²) in [6.45, 7) is 5.89. The fraction of sp³-hybridized carbons (Fsp3) is 0.357. The lowest BCUT2D eigenvalue weighted by atomic mass is 10.2. The maximum Gasteiger partial charge on any atom is 0.235 e. The first-order valence-electron chi connectivity index (χ1n) is 6.34. The van der Waals surface area contributed by atoms with E-state index in [9.17, 15) is 4.79 Å². The number of hydrogen-bond acceptors (Lipinski definition) is 5. The van der Waals surface area contributed by atoms with Gasteiger partial charge in [-0.15, -0.1) is 22.0 Å². The van der Waals surface area contributed by atoms with E-state index in [1.807, 2.05) is 38.1 Å². The summed E-state index contributed by atoms with van der Waals surface area (Å²) in [5, 5.41) is 10.2. The average Bonchev–Trinajstić information content (AvgIpc) is 2.84. The smallest absolute Gasteiger partial charge is 0.235 e. The van der Waals surface area contributed by atoms with Gasteiger partial charge in [0.25, 0.3) is 0 Å². The van der Waals surface area contributed by atoms with E-state index < -0.39 is 0 Å². The van der Waals surface area contributed by atoms with Crippen LogP contribution in [0.25, 0.3) is 0 Å². The molecule has 1 heterocycles. The van der Waals surface area contributed by atoms with Crippen molar-refractivity contribution in [1.82, 2.24) is 15.5 Å². The fourth-order valence-corrected chi connectivity index (χ4v) is 2.48. The van der Waals surface area contributed by atoms with Crippen LogP contribution in [0.4, 0.5) is 0 Å². The number of thioether (sulfide) groups is 1. The largest absolute Gasteiger partial charge is 0.424 e. The van der Waals surface area contributed by atoms with Crippen LogP contribution >= 0.6 is 11.8 Å². The Morgan fingerprint density at radius 2 is 2.00 bits per heavy atom. The molecule has 1 amide bonds. The second-order valence-corrected chi connectivity index (χ2v) is 5.92. The molecule has 1 aromatic carbocycles. The molecule has 1 N–H and O–H groups in total. The molecule has 2 rings (SSSR count). The molecule has 5 nitrogen and oxygen atoms in total. The van der Waals surface area contributed by atoms with Gasteiger partial charge in [-0.1, -0.05) is 17.7 Å². The van der Waals surface area contributed by atoms with Crippen LogP contribution in [0.5, 0.6) is 0 Å². The minimum Gasteiger partial charge on any atom is -0.424 e. The number of nitrogens with one attached hydrogen (secondary N) is 1. The number of nitrogens with zero attached hydrogens (tertiary/aromatic N) is 2. The quantitative estimate of drug-likeness (QED) is 0.857. The van der Waals surface area contributed by atoms with Crippen LogP contribution in [0.3, 0.4) is 0 Å². The number of carbonyl (C=O) groups is 1. The van der Waals surface area contributed by atoms with Crippen LogP contribution in [0.15, 0.2) is 33.6 Å². The third-order valence-corrected chi connectivity index (χ3v) is 3.80. The third kappa shape index (κ3) is 4.09. The maximum absolute atomic E-state index is 12.0. The zero-order chi connectivity index (χ0) is 14.5. The Morgan fingerprint density at radius 3 is 2.60 bits per heavy atom. The van der Waals surface area contributed by atoms with Gasteiger partial charge >= 0.3 is 0 Å². The summed E-state index contributed by atoms with van der Waals surface area (Å²) in [5.74, 6) is 0.867. The second-order valence-electron chi connectivity index (χ2n) is 4.51. The summed E-state index contributed by atoms with van der Waals surface area (Å²) in [6, 6.07) is 8.11. The highest BCUT2D eigenvalue weighted by atomic mass is 32.2. The van der Waals surface area contributed by atoms with Crippen molar-refractivity contribution in [2.24, 2.45) is 0 Å². The minimum absolute atomic E-state index is 0.0496. The topological polar surface area (TPSA) is 68.0 Å². The highest BCUT2D eigenvalue weighted by Crippen LogP contribution is 2.23. The number of rotatable bonds is 5. The Kier molecular flexibility index (Phi) is 4.79. The molecule has 0 saturated carbocycles. The Labute approximate surface area is 122 Å². The summed E-state index contributed by atoms with van der Waals surface area (Å²) < 4.78 is 5.20. The van der Waals surface area contributed by atoms with Gasteiger partial charge in [0.1, 0.15) is 0 Å². The van der Waals surface area contributed by atoms with E-state index in [0.29, 0.717) is 11.8 Å². The molecule has 0 unspecified atom stereocenters. The predicted octanol–water partition coefficient (Wildman–Crippen LogP) is 2.48. The molecule has 0 bridgehead atoms. The summed E-state index contributed by atoms with van der Waals surface area (Å²) in [7, 11) is 0. The van der Waals surface area contributed by atoms with Gasteiger partial charge < -0.3 is 9.73 Å². The molecular formula is C14H17N3O2S. The van der Waals surface area contributed by atoms with Gasteiger partial charge in [-0.3, -0.25) is 4.79 Å². The van der Waals surface area contributed by atoms with Crippen molar-refractivity contribution in [3.05, 3.63) is 41.6 Å². The summed E-state index contributed by atoms with van der Waals surface area (Å²) in [6.07, 6.45) is 0. The van der Waals surface area contributed by atoms with Crippen molar-refractivity contribution in [2.45, 2.75) is 37.5 Å². The first kappa shape index (κ1) is 14.6. The van der Waals surface area contributed by atoms with E-state index in [0.717, 1.165) is 4.90 Å². The average molecular weight is 291 g/mol. The van der Waals surface area contributed by atoms with E-state index in [2.05, 4.69) is 15.5 Å². The van der Waals surface area contributed by atoms with Crippen molar-refractivity contribution in [2.75, 3.05) is 0 Å². The zero-order valence-corrected chi connectivity index (χ0v) is 12.5. The Bertz CT molecular complexity index is 580. The molecule has 106 valence electrons. The number of aromatic nitrogens is 2. The van der Waals surface area contributed by atoms with Gasteiger partial charge in [0.2, 0.25) is 17.7 Å². The lowest BCUT2D eigenvalue weighted by Crippen LogP contribution is -2.30. The summed E-state index contributed by atoms with van der Waals surface area (Å²) in [5.41, 5.74) is 1.21. The molecule has 6 heteroatoms. The first-order chi connectivity index (χ1) is 9.54. The van der Waals surface area contributed by atoms with Crippen LogP contribution in [0.1, 0.15) is 24.3 Å². The molecule has 0 saturated heterocycles. The first-order valence-corrected chi connectivity index (χ1v) is 7.22. The molecule has 0 fully saturated rings. The number of hydrogen-bond donors (Lipinski definition) is 1. The minimum atomic E-state index is -0.179. The normalized spacial score (nSPS) is 12.2. The molecule has 20 heavy (non-hydrogen) atoms. The predicted molar refractivity (Wildman–Crippen MR) is 77.4 cm³/mol. The van der Waals surface area contributed by atoms with Gasteiger partial charge in [-0.05, 0) is 26.0 Å². The second kappa shape index (κ2) is 6.56. The number of benzene rings is 1. The van der Waals surface area contributed by atoms with Crippen molar-refractivity contribution < 1.29 is 9.21 Å². The molecule has 0 aliphatic heterocycles. The highest BCUT2D eigenvalue weighted by molar-refractivity contribution is 8.00. The summed E-state index contributed by atoms with van der Waals surface area (Å²) in [4.78, 5) is 13.0. The third-order valence-electron chi connectivity index (χ3n) is 2.68. The van der Waals surface area contributed by atoms with E-state index in [1.54, 1.807) is 6.92 Å². The Balaban J connectivity index is 1.84. The lowest BCUT2D eigenvalue weighted by molar-refractivity contribution is -0.120. The molecular weight excluding hydrogens is 274 g/mol. The van der Waals surface area contributed by atoms with Crippen LogP contribution in [0, 0.1) is 13.8 Å². The molecule has 1 atom stereocenters. The van der Waals surface area contributed by atoms with Gasteiger partial charge in [0.15, 0.2) is 0 Å². The maximum atomic E-state index is 12.0. The van der Waals surface area contributed by atoms with Gasteiger partial charge in [-0.25, -0.2) is 0 Å². The summed E-state index contributed by atoms with van der Waals surface area (Å²) >= 11 is 1.52. The number of aryl methyl sites for hydroxylation is 2. The van der Waals surface area contributed by atoms with E-state index in [1.165, 1.54) is 17.3 Å². The van der Waals surface area contributed by atoms with Crippen LogP contribution < -0.4 is 5.32 Å². The standard InChI is InChI=1S/C14H17N3O2S/c1-9-4-6-12(7-5-9)20-10(2)14(18)15-8-13-17-16-11(3)19-13/h4-7,10H,8H2,1-3H3,(H,15,18)/t10-/m1/s1. The van der Waals surface area contributed by atoms with Crippen LogP contribution in [-0.2, 0) is 11.3 Å². The molecule has 2 aromatic rings. The molecule has 0 radical (unpaired) electrons. The SMILES string of the molecule is Cc1ccc(S[C@H](C)C(=O)NCc2nnc(C)o2)cc1. The highest BCUT2D eigenvalue weighted by Gasteiger charge is 2.15.